The maximum atomic E-state index is 8.01. The highest BCUT2D eigenvalue weighted by atomic mass is 32.1. The van der Waals surface area contributed by atoms with E-state index in [0.717, 1.165) is 36.4 Å². The van der Waals surface area contributed by atoms with Gasteiger partial charge in [0.1, 0.15) is 0 Å². The molecule has 100 valence electrons. The molecule has 3 N–H and O–H groups in total. The van der Waals surface area contributed by atoms with Crippen molar-refractivity contribution < 1.29 is 0 Å². The van der Waals surface area contributed by atoms with Crippen molar-refractivity contribution in [3.8, 4) is 0 Å². The zero-order valence-electron chi connectivity index (χ0n) is 10.9. The van der Waals surface area contributed by atoms with E-state index >= 15 is 0 Å². The summed E-state index contributed by atoms with van der Waals surface area (Å²) in [5.74, 6) is 0. The van der Waals surface area contributed by atoms with Gasteiger partial charge >= 0.3 is 0 Å². The Morgan fingerprint density at radius 1 is 1.37 bits per heavy atom. The first-order chi connectivity index (χ1) is 9.08. The van der Waals surface area contributed by atoms with Crippen molar-refractivity contribution in [3.05, 3.63) is 41.5 Å². The first kappa shape index (κ1) is 13.8. The topological polar surface area (TPSA) is 63.0 Å². The molecule has 1 aliphatic heterocycles. The Bertz CT molecular complexity index is 536. The van der Waals surface area contributed by atoms with Crippen LogP contribution in [-0.4, -0.2) is 24.5 Å². The van der Waals surface area contributed by atoms with E-state index in [0.29, 0.717) is 11.4 Å². The van der Waals surface area contributed by atoms with E-state index in [1.807, 2.05) is 22.5 Å². The van der Waals surface area contributed by atoms with E-state index in [-0.39, 0.29) is 0 Å². The van der Waals surface area contributed by atoms with E-state index in [1.165, 1.54) is 0 Å². The van der Waals surface area contributed by atoms with Crippen LogP contribution in [0, 0.1) is 10.8 Å². The number of fused-ring (bicyclic) bond motifs is 1. The molecule has 0 saturated carbocycles. The number of nitrogens with one attached hydrogen (secondary N) is 3. The van der Waals surface area contributed by atoms with Gasteiger partial charge in [0, 0.05) is 25.3 Å². The van der Waals surface area contributed by atoms with Crippen LogP contribution in [-0.2, 0) is 6.54 Å². The molecule has 2 rings (SSSR count). The van der Waals surface area contributed by atoms with Crippen molar-refractivity contribution in [1.29, 1.82) is 10.8 Å². The highest BCUT2D eigenvalue weighted by Gasteiger charge is 2.13. The molecule has 5 heteroatoms. The van der Waals surface area contributed by atoms with Gasteiger partial charge in [0.05, 0.1) is 11.4 Å². The van der Waals surface area contributed by atoms with Crippen LogP contribution in [0.2, 0.25) is 0 Å². The first-order valence-electron chi connectivity index (χ1n) is 6.20. The highest BCUT2D eigenvalue weighted by Crippen LogP contribution is 2.25. The molecule has 0 fully saturated rings. The monoisotopic (exact) mass is 274 g/mol. The van der Waals surface area contributed by atoms with Gasteiger partial charge in [-0.25, -0.2) is 0 Å². The Labute approximate surface area is 119 Å². The lowest BCUT2D eigenvalue weighted by Gasteiger charge is -2.17. The summed E-state index contributed by atoms with van der Waals surface area (Å²) in [6.07, 6.45) is 3.30. The van der Waals surface area contributed by atoms with Gasteiger partial charge in [0.15, 0.2) is 0 Å². The Morgan fingerprint density at radius 3 is 2.89 bits per heavy atom. The Balaban J connectivity index is 2.27. The number of benzene rings is 1. The van der Waals surface area contributed by atoms with Gasteiger partial charge in [-0.15, -0.1) is 0 Å². The maximum Gasteiger partial charge on any atom is 0.0612 e. The highest BCUT2D eigenvalue weighted by molar-refractivity contribution is 7.81. The number of hydrogen-bond donors (Lipinski definition) is 4. The summed E-state index contributed by atoms with van der Waals surface area (Å²) in [5, 5.41) is 18.7. The van der Waals surface area contributed by atoms with Gasteiger partial charge in [-0.05, 0) is 42.3 Å². The lowest BCUT2D eigenvalue weighted by atomic mass is 10.0. The minimum Gasteiger partial charge on any atom is -0.317 e. The third-order valence-corrected chi connectivity index (χ3v) is 3.40. The molecule has 0 amide bonds. The van der Waals surface area contributed by atoms with Gasteiger partial charge in [-0.1, -0.05) is 18.9 Å². The minimum absolute atomic E-state index is 0.421. The fourth-order valence-corrected chi connectivity index (χ4v) is 2.27. The molecule has 0 radical (unpaired) electrons. The summed E-state index contributed by atoms with van der Waals surface area (Å²) in [5.41, 5.74) is 3.97. The molecule has 0 unspecified atom stereocenters. The van der Waals surface area contributed by atoms with Gasteiger partial charge in [0.25, 0.3) is 0 Å². The number of rotatable bonds is 3. The Kier molecular flexibility index (Phi) is 4.39. The summed E-state index contributed by atoms with van der Waals surface area (Å²) in [6.45, 7) is 4.25. The second kappa shape index (κ2) is 6.04. The quantitative estimate of drug-likeness (QED) is 0.505. The molecule has 1 aromatic carbocycles. The van der Waals surface area contributed by atoms with Crippen molar-refractivity contribution in [2.45, 2.75) is 13.5 Å². The number of hydrogen-bond acceptors (Lipinski definition) is 5. The van der Waals surface area contributed by atoms with Crippen molar-refractivity contribution in [1.82, 2.24) is 5.32 Å². The fourth-order valence-electron chi connectivity index (χ4n) is 1.98. The summed E-state index contributed by atoms with van der Waals surface area (Å²) >= 11 is 4.46. The Morgan fingerprint density at radius 2 is 2.16 bits per heavy atom. The summed E-state index contributed by atoms with van der Waals surface area (Å²) < 4.78 is 1.93. The fraction of sp³-hybridized carbons (Fsp3) is 0.286. The van der Waals surface area contributed by atoms with Gasteiger partial charge in [-0.2, -0.15) is 0 Å². The van der Waals surface area contributed by atoms with Crippen LogP contribution in [0.4, 0.5) is 5.69 Å². The molecule has 4 nitrogen and oxygen atoms in total. The van der Waals surface area contributed by atoms with Gasteiger partial charge in [0.2, 0.25) is 0 Å². The van der Waals surface area contributed by atoms with Gasteiger partial charge in [-0.3, -0.25) is 0 Å². The van der Waals surface area contributed by atoms with Crippen LogP contribution in [0.1, 0.15) is 18.1 Å². The molecule has 1 aliphatic rings. The number of thiol groups is 1. The lowest BCUT2D eigenvalue weighted by molar-refractivity contribution is 0.719. The second-order valence-electron chi connectivity index (χ2n) is 4.57. The summed E-state index contributed by atoms with van der Waals surface area (Å²) in [6, 6.07) is 5.95. The Hall–Kier alpha value is -1.59. The normalized spacial score (nSPS) is 15.2. The van der Waals surface area contributed by atoms with Crippen molar-refractivity contribution in [2.75, 3.05) is 17.4 Å². The molecule has 0 bridgehead atoms. The van der Waals surface area contributed by atoms with E-state index in [9.17, 15) is 0 Å². The van der Waals surface area contributed by atoms with E-state index in [2.05, 4.69) is 18.1 Å². The summed E-state index contributed by atoms with van der Waals surface area (Å²) in [7, 11) is 0. The predicted molar refractivity (Wildman–Crippen MR) is 83.9 cm³/mol. The zero-order valence-corrected chi connectivity index (χ0v) is 11.8. The molecule has 19 heavy (non-hydrogen) atoms. The minimum atomic E-state index is 0.421. The van der Waals surface area contributed by atoms with E-state index < -0.39 is 0 Å². The number of nitrogens with zero attached hydrogens (tertiary/aromatic N) is 1. The van der Waals surface area contributed by atoms with Crippen LogP contribution >= 0.6 is 12.8 Å². The van der Waals surface area contributed by atoms with Crippen molar-refractivity contribution >= 4 is 29.9 Å². The SMILES string of the molecule is CC(=N)/C=C\C(=N)c1ccc2c(c1)CNCCN2S. The van der Waals surface area contributed by atoms with Crippen LogP contribution in [0.25, 0.3) is 0 Å². The lowest BCUT2D eigenvalue weighted by Crippen LogP contribution is -2.20. The van der Waals surface area contributed by atoms with E-state index in [4.69, 9.17) is 10.8 Å². The molecular weight excluding hydrogens is 256 g/mol. The molecular formula is C14H18N4S. The van der Waals surface area contributed by atoms with E-state index in [1.54, 1.807) is 19.1 Å². The van der Waals surface area contributed by atoms with Crippen LogP contribution in [0.5, 0.6) is 0 Å². The largest absolute Gasteiger partial charge is 0.317 e. The van der Waals surface area contributed by atoms with Gasteiger partial charge < -0.3 is 20.4 Å². The maximum absolute atomic E-state index is 8.01. The molecule has 1 heterocycles. The average molecular weight is 274 g/mol. The van der Waals surface area contributed by atoms with Crippen molar-refractivity contribution in [2.24, 2.45) is 0 Å². The third-order valence-electron chi connectivity index (χ3n) is 2.98. The molecule has 0 atom stereocenters. The predicted octanol–water partition coefficient (Wildman–Crippen LogP) is 2.40. The summed E-state index contributed by atoms with van der Waals surface area (Å²) in [4.78, 5) is 0. The van der Waals surface area contributed by atoms with Crippen LogP contribution in [0.15, 0.2) is 30.4 Å². The smallest absolute Gasteiger partial charge is 0.0612 e. The molecule has 0 aromatic heterocycles. The average Bonchev–Trinajstić information content (AvgIpc) is 2.57. The second-order valence-corrected chi connectivity index (χ2v) is 5.06. The van der Waals surface area contributed by atoms with Crippen LogP contribution < -0.4 is 9.62 Å². The molecule has 0 spiro atoms. The van der Waals surface area contributed by atoms with Crippen molar-refractivity contribution in [3.63, 3.8) is 0 Å². The number of allylic oxidation sites excluding steroid dienone is 2. The van der Waals surface area contributed by atoms with Crippen LogP contribution in [0.3, 0.4) is 0 Å². The third kappa shape index (κ3) is 3.45. The first-order valence-corrected chi connectivity index (χ1v) is 6.60. The molecule has 0 saturated heterocycles. The molecule has 0 aliphatic carbocycles. The standard InChI is InChI=1S/C14H18N4S/c1-10(15)2-4-13(16)11-3-5-14-12(8-11)9-17-6-7-18(14)19/h2-5,8,15-17,19H,6-7,9H2,1H3/b4-2-,15-10?,16-13?. The zero-order chi connectivity index (χ0) is 13.8. The number of anilines is 1. The molecule has 1 aromatic rings.